The van der Waals surface area contributed by atoms with Crippen molar-refractivity contribution in [3.05, 3.63) is 16.8 Å². The maximum Gasteiger partial charge on any atom is 0.201 e. The Hall–Kier alpha value is -2.27. The summed E-state index contributed by atoms with van der Waals surface area (Å²) in [6.07, 6.45) is -0.617. The first kappa shape index (κ1) is 26.3. The van der Waals surface area contributed by atoms with Crippen LogP contribution in [0, 0.1) is 0 Å². The number of fused-ring (bicyclic) bond motifs is 1. The number of hydrogen-bond donors (Lipinski definition) is 3. The highest BCUT2D eigenvalue weighted by molar-refractivity contribution is 7.40. The van der Waals surface area contributed by atoms with Gasteiger partial charge in [-0.1, -0.05) is 27.7 Å². The minimum atomic E-state index is -2.34. The van der Waals surface area contributed by atoms with Crippen molar-refractivity contribution in [2.75, 3.05) is 5.73 Å². The van der Waals surface area contributed by atoms with E-state index in [-0.39, 0.29) is 35.0 Å². The highest BCUT2D eigenvalue weighted by Gasteiger charge is 2.48. The molecule has 14 heteroatoms. The Kier molecular flexibility index (Phi) is 8.51. The summed E-state index contributed by atoms with van der Waals surface area (Å²) in [5, 5.41) is 25.3. The number of anilines is 1. The first-order valence-electron chi connectivity index (χ1n) is 11.5. The highest BCUT2D eigenvalue weighted by atomic mass is 31.1. The summed E-state index contributed by atoms with van der Waals surface area (Å²) in [6, 6.07) is 0. The van der Waals surface area contributed by atoms with Gasteiger partial charge in [0.25, 0.3) is 0 Å². The number of imidazole rings is 1. The summed E-state index contributed by atoms with van der Waals surface area (Å²) in [7, 11) is -2.34. The van der Waals surface area contributed by atoms with Gasteiger partial charge in [0.1, 0.15) is 18.5 Å². The monoisotopic (exact) mass is 496 g/mol. The molecule has 0 bridgehead atoms. The van der Waals surface area contributed by atoms with Gasteiger partial charge in [0.2, 0.25) is 5.95 Å². The SMILES string of the molecule is CCC(CC)[PH](=O)OC(CC)(CC)C[C@H]1O[C@H](n2c(N=[N+]=[N-])nc3c(N)ncnc32)[C@H](O)[C@@H]1O. The van der Waals surface area contributed by atoms with Gasteiger partial charge < -0.3 is 25.2 Å². The van der Waals surface area contributed by atoms with Gasteiger partial charge in [0.15, 0.2) is 31.2 Å². The molecule has 2 aromatic heterocycles. The molecule has 1 aliphatic rings. The molecule has 0 radical (unpaired) electrons. The van der Waals surface area contributed by atoms with Crippen LogP contribution in [0.3, 0.4) is 0 Å². The molecule has 0 saturated carbocycles. The fraction of sp³-hybridized carbons (Fsp3) is 0.750. The van der Waals surface area contributed by atoms with Crippen molar-refractivity contribution in [1.29, 1.82) is 0 Å². The second-order valence-electron chi connectivity index (χ2n) is 8.48. The van der Waals surface area contributed by atoms with Crippen molar-refractivity contribution >= 4 is 31.0 Å². The molecule has 0 spiro atoms. The van der Waals surface area contributed by atoms with Crippen molar-refractivity contribution in [3.63, 3.8) is 0 Å². The second-order valence-corrected chi connectivity index (χ2v) is 10.1. The van der Waals surface area contributed by atoms with Gasteiger partial charge in [0, 0.05) is 17.0 Å². The predicted octanol–water partition coefficient (Wildman–Crippen LogP) is 3.60. The summed E-state index contributed by atoms with van der Waals surface area (Å²) < 4.78 is 26.5. The molecule has 0 aromatic carbocycles. The molecule has 0 amide bonds. The van der Waals surface area contributed by atoms with E-state index in [0.717, 1.165) is 12.8 Å². The largest absolute Gasteiger partial charge is 0.388 e. The van der Waals surface area contributed by atoms with Gasteiger partial charge in [-0.05, 0) is 36.3 Å². The molecule has 1 saturated heterocycles. The fourth-order valence-corrected chi connectivity index (χ4v) is 6.01. The van der Waals surface area contributed by atoms with E-state index in [1.54, 1.807) is 0 Å². The summed E-state index contributed by atoms with van der Waals surface area (Å²) in [6.45, 7) is 7.84. The van der Waals surface area contributed by atoms with Crippen molar-refractivity contribution in [2.24, 2.45) is 5.11 Å². The Morgan fingerprint density at radius 3 is 2.56 bits per heavy atom. The molecule has 34 heavy (non-hydrogen) atoms. The molecular weight excluding hydrogens is 463 g/mol. The van der Waals surface area contributed by atoms with Crippen LogP contribution >= 0.6 is 8.03 Å². The average molecular weight is 497 g/mol. The zero-order chi connectivity index (χ0) is 25.0. The maximum absolute atomic E-state index is 12.9. The Morgan fingerprint density at radius 1 is 1.29 bits per heavy atom. The molecule has 5 atom stereocenters. The molecule has 1 fully saturated rings. The lowest BCUT2D eigenvalue weighted by Gasteiger charge is -2.35. The van der Waals surface area contributed by atoms with Crippen LogP contribution in [-0.2, 0) is 13.8 Å². The number of rotatable bonds is 11. The van der Waals surface area contributed by atoms with E-state index >= 15 is 0 Å². The molecule has 3 heterocycles. The summed E-state index contributed by atoms with van der Waals surface area (Å²) in [5.41, 5.74) is 14.4. The van der Waals surface area contributed by atoms with Crippen LogP contribution in [0.2, 0.25) is 0 Å². The van der Waals surface area contributed by atoms with E-state index in [9.17, 15) is 14.8 Å². The standard InChI is InChI=1S/C20H33N8O5P/c1-5-11(6-2)34(31)33-20(7-3,8-4)9-12-14(29)15(30)18(32-12)28-17-13(16(21)23-10-24-17)25-19(28)26-27-22/h10-12,14-15,18,29-30,34H,5-9H2,1-4H3,(H2,21,23,24)/t12-,14-,15-,18+/m1/s1. The van der Waals surface area contributed by atoms with E-state index in [1.165, 1.54) is 10.9 Å². The lowest BCUT2D eigenvalue weighted by molar-refractivity contribution is -0.0669. The van der Waals surface area contributed by atoms with Gasteiger partial charge in [-0.2, -0.15) is 0 Å². The van der Waals surface area contributed by atoms with Gasteiger partial charge >= 0.3 is 0 Å². The number of ether oxygens (including phenoxy) is 1. The Bertz CT molecular complexity index is 1070. The Labute approximate surface area is 198 Å². The van der Waals surface area contributed by atoms with Crippen LogP contribution in [0.1, 0.15) is 66.0 Å². The number of nitrogen functional groups attached to an aromatic ring is 1. The van der Waals surface area contributed by atoms with Crippen LogP contribution in [0.4, 0.5) is 11.8 Å². The van der Waals surface area contributed by atoms with Crippen LogP contribution in [0.15, 0.2) is 11.4 Å². The average Bonchev–Trinajstić information content (AvgIpc) is 3.32. The van der Waals surface area contributed by atoms with Crippen LogP contribution in [0.5, 0.6) is 0 Å². The van der Waals surface area contributed by atoms with Crippen LogP contribution in [-0.4, -0.2) is 59.3 Å². The Balaban J connectivity index is 1.93. The highest BCUT2D eigenvalue weighted by Crippen LogP contribution is 2.46. The van der Waals surface area contributed by atoms with Crippen molar-refractivity contribution < 1.29 is 24.0 Å². The normalized spacial score (nSPS) is 24.0. The smallest absolute Gasteiger partial charge is 0.201 e. The van der Waals surface area contributed by atoms with Crippen LogP contribution < -0.4 is 5.73 Å². The second kappa shape index (κ2) is 11.0. The molecule has 188 valence electrons. The fourth-order valence-electron chi connectivity index (χ4n) is 4.38. The first-order chi connectivity index (χ1) is 16.2. The van der Waals surface area contributed by atoms with Gasteiger partial charge in [-0.25, -0.2) is 15.0 Å². The van der Waals surface area contributed by atoms with Crippen molar-refractivity contribution in [1.82, 2.24) is 19.5 Å². The van der Waals surface area contributed by atoms with E-state index in [0.29, 0.717) is 12.8 Å². The molecule has 13 nitrogen and oxygen atoms in total. The number of aliphatic hydroxyl groups is 2. The number of azide groups is 1. The predicted molar refractivity (Wildman–Crippen MR) is 127 cm³/mol. The van der Waals surface area contributed by atoms with Gasteiger partial charge in [-0.15, -0.1) is 0 Å². The van der Waals surface area contributed by atoms with Crippen LogP contribution in [0.25, 0.3) is 21.6 Å². The lowest BCUT2D eigenvalue weighted by Crippen LogP contribution is -2.39. The number of aromatic nitrogens is 4. The lowest BCUT2D eigenvalue weighted by atomic mass is 9.88. The molecule has 4 N–H and O–H groups in total. The molecule has 0 aliphatic carbocycles. The summed E-state index contributed by atoms with van der Waals surface area (Å²) in [5.74, 6) is -0.0625. The number of aliphatic hydroxyl groups excluding tert-OH is 2. The third-order valence-corrected chi connectivity index (χ3v) is 8.83. The number of nitrogens with two attached hydrogens (primary N) is 1. The molecule has 2 aromatic rings. The Morgan fingerprint density at radius 2 is 1.97 bits per heavy atom. The number of nitrogens with zero attached hydrogens (tertiary/aromatic N) is 7. The molecular formula is C20H33N8O5P. The maximum atomic E-state index is 12.9. The quantitative estimate of drug-likeness (QED) is 0.180. The molecule has 1 aliphatic heterocycles. The topological polar surface area (TPSA) is 194 Å². The van der Waals surface area contributed by atoms with Gasteiger partial charge in [0.05, 0.1) is 11.7 Å². The summed E-state index contributed by atoms with van der Waals surface area (Å²) in [4.78, 5) is 15.0. The minimum Gasteiger partial charge on any atom is -0.388 e. The third kappa shape index (κ3) is 4.91. The first-order valence-corrected chi connectivity index (χ1v) is 12.9. The molecule has 3 rings (SSSR count). The third-order valence-electron chi connectivity index (χ3n) is 6.71. The number of hydrogen-bond acceptors (Lipinski definition) is 10. The summed E-state index contributed by atoms with van der Waals surface area (Å²) >= 11 is 0. The van der Waals surface area contributed by atoms with Crippen molar-refractivity contribution in [2.45, 2.75) is 95.6 Å². The van der Waals surface area contributed by atoms with Gasteiger partial charge in [-0.3, -0.25) is 9.13 Å². The van der Waals surface area contributed by atoms with E-state index in [4.69, 9.17) is 20.5 Å². The molecule has 1 unspecified atom stereocenters. The minimum absolute atomic E-state index is 0.0240. The zero-order valence-corrected chi connectivity index (χ0v) is 20.8. The van der Waals surface area contributed by atoms with E-state index < -0.39 is 38.2 Å². The van der Waals surface area contributed by atoms with Crippen molar-refractivity contribution in [3.8, 4) is 0 Å². The van der Waals surface area contributed by atoms with E-state index in [2.05, 4.69) is 25.0 Å². The van der Waals surface area contributed by atoms with E-state index in [1.807, 2.05) is 27.7 Å². The zero-order valence-electron chi connectivity index (χ0n) is 19.8.